The summed E-state index contributed by atoms with van der Waals surface area (Å²) in [7, 11) is -4.19. The van der Waals surface area contributed by atoms with Gasteiger partial charge in [-0.2, -0.15) is 0 Å². The maximum atomic E-state index is 12.4. The molecular formula is C13H9Cl3N2O5S2. The van der Waals surface area contributed by atoms with Gasteiger partial charge in [0.15, 0.2) is 5.13 Å². The summed E-state index contributed by atoms with van der Waals surface area (Å²) in [5.74, 6) is -1.98. The maximum absolute atomic E-state index is 12.4. The molecule has 7 nitrogen and oxygen atoms in total. The highest BCUT2D eigenvalue weighted by Crippen LogP contribution is 2.34. The number of hydrogen-bond acceptors (Lipinski definition) is 7. The monoisotopic (exact) mass is 442 g/mol. The first-order chi connectivity index (χ1) is 11.7. The number of hydrogen-bond donors (Lipinski definition) is 1. The number of aromatic nitrogens is 1. The topological polar surface area (TPSA) is 102 Å². The number of esters is 1. The molecule has 0 fully saturated rings. The molecule has 134 valence electrons. The van der Waals surface area contributed by atoms with Gasteiger partial charge < -0.3 is 4.74 Å². The van der Waals surface area contributed by atoms with Gasteiger partial charge in [0.25, 0.3) is 15.8 Å². The van der Waals surface area contributed by atoms with Crippen LogP contribution in [-0.2, 0) is 19.6 Å². The SMILES string of the molecule is CCOC(=O)C(=O)c1cnc(NS(=O)(=O)c2c(Cl)cc(Cl)cc2Cl)s1. The molecule has 0 aliphatic carbocycles. The van der Waals surface area contributed by atoms with E-state index in [2.05, 4.69) is 14.4 Å². The van der Waals surface area contributed by atoms with Gasteiger partial charge in [-0.15, -0.1) is 0 Å². The predicted molar refractivity (Wildman–Crippen MR) is 95.4 cm³/mol. The lowest BCUT2D eigenvalue weighted by atomic mass is 10.3. The largest absolute Gasteiger partial charge is 0.460 e. The summed E-state index contributed by atoms with van der Waals surface area (Å²) in [6.07, 6.45) is 1.06. The number of Topliss-reactive ketones (excluding diaryl/α,β-unsaturated/α-hetero) is 1. The number of nitrogens with zero attached hydrogens (tertiary/aromatic N) is 1. The van der Waals surface area contributed by atoms with Crippen LogP contribution in [0.25, 0.3) is 0 Å². The van der Waals surface area contributed by atoms with E-state index < -0.39 is 21.8 Å². The van der Waals surface area contributed by atoms with Crippen LogP contribution in [0.2, 0.25) is 15.1 Å². The van der Waals surface area contributed by atoms with Crippen molar-refractivity contribution in [3.05, 3.63) is 38.3 Å². The summed E-state index contributed by atoms with van der Waals surface area (Å²) in [5.41, 5.74) is 0. The smallest absolute Gasteiger partial charge is 0.380 e. The Kier molecular flexibility index (Phi) is 6.28. The molecule has 0 amide bonds. The highest BCUT2D eigenvalue weighted by Gasteiger charge is 2.25. The lowest BCUT2D eigenvalue weighted by molar-refractivity contribution is -0.137. The van der Waals surface area contributed by atoms with E-state index in [1.165, 1.54) is 12.1 Å². The van der Waals surface area contributed by atoms with Gasteiger partial charge in [-0.1, -0.05) is 46.1 Å². The van der Waals surface area contributed by atoms with Crippen molar-refractivity contribution in [2.24, 2.45) is 0 Å². The zero-order valence-corrected chi connectivity index (χ0v) is 16.3. The molecule has 0 spiro atoms. The van der Waals surface area contributed by atoms with E-state index in [4.69, 9.17) is 34.8 Å². The lowest BCUT2D eigenvalue weighted by Gasteiger charge is -2.09. The molecule has 2 aromatic rings. The molecule has 2 rings (SSSR count). The van der Waals surface area contributed by atoms with Gasteiger partial charge >= 0.3 is 5.97 Å². The number of ketones is 1. The van der Waals surface area contributed by atoms with Gasteiger partial charge in [-0.3, -0.25) is 9.52 Å². The van der Waals surface area contributed by atoms with E-state index in [0.717, 1.165) is 6.20 Å². The van der Waals surface area contributed by atoms with Gasteiger partial charge in [0, 0.05) is 5.02 Å². The zero-order chi connectivity index (χ0) is 18.8. The fourth-order valence-electron chi connectivity index (χ4n) is 1.68. The molecule has 0 bridgehead atoms. The van der Waals surface area contributed by atoms with E-state index in [-0.39, 0.29) is 36.6 Å². The third-order valence-electron chi connectivity index (χ3n) is 2.64. The first-order valence-corrected chi connectivity index (χ1v) is 9.93. The Bertz CT molecular complexity index is 920. The van der Waals surface area contributed by atoms with Crippen molar-refractivity contribution in [3.8, 4) is 0 Å². The Labute approximate surface area is 161 Å². The molecule has 0 atom stereocenters. The van der Waals surface area contributed by atoms with E-state index in [0.29, 0.717) is 11.3 Å². The van der Waals surface area contributed by atoms with E-state index in [1.807, 2.05) is 0 Å². The van der Waals surface area contributed by atoms with Gasteiger partial charge in [-0.25, -0.2) is 18.2 Å². The molecule has 0 aliphatic rings. The normalized spacial score (nSPS) is 11.2. The van der Waals surface area contributed by atoms with Crippen LogP contribution in [0.1, 0.15) is 16.6 Å². The van der Waals surface area contributed by atoms with E-state index in [1.54, 1.807) is 6.92 Å². The highest BCUT2D eigenvalue weighted by molar-refractivity contribution is 7.93. The van der Waals surface area contributed by atoms with E-state index in [9.17, 15) is 18.0 Å². The Morgan fingerprint density at radius 2 is 1.84 bits per heavy atom. The molecule has 1 aromatic carbocycles. The number of benzene rings is 1. The molecule has 0 saturated heterocycles. The summed E-state index contributed by atoms with van der Waals surface area (Å²) >= 11 is 18.2. The van der Waals surface area contributed by atoms with Gasteiger partial charge in [0.05, 0.1) is 22.8 Å². The number of sulfonamides is 1. The maximum Gasteiger partial charge on any atom is 0.380 e. The molecule has 1 N–H and O–H groups in total. The van der Waals surface area contributed by atoms with Crippen molar-refractivity contribution >= 4 is 73.0 Å². The molecule has 0 saturated carbocycles. The first kappa shape index (κ1) is 19.9. The zero-order valence-electron chi connectivity index (χ0n) is 12.4. The number of carbonyl (C=O) groups excluding carboxylic acids is 2. The van der Waals surface area contributed by atoms with Crippen molar-refractivity contribution in [1.82, 2.24) is 4.98 Å². The summed E-state index contributed by atoms with van der Waals surface area (Å²) in [5, 5.41) is -0.325. The van der Waals surface area contributed by atoms with Crippen LogP contribution < -0.4 is 4.72 Å². The average molecular weight is 444 g/mol. The summed E-state index contributed by atoms with van der Waals surface area (Å²) in [6.45, 7) is 1.59. The highest BCUT2D eigenvalue weighted by atomic mass is 35.5. The number of anilines is 1. The molecule has 1 heterocycles. The average Bonchev–Trinajstić information content (AvgIpc) is 2.92. The molecule has 25 heavy (non-hydrogen) atoms. The molecule has 0 radical (unpaired) electrons. The fourth-order valence-corrected chi connectivity index (χ4v) is 5.21. The molecule has 0 aliphatic heterocycles. The predicted octanol–water partition coefficient (Wildman–Crippen LogP) is 3.65. The minimum absolute atomic E-state index is 0.0381. The van der Waals surface area contributed by atoms with Crippen molar-refractivity contribution in [3.63, 3.8) is 0 Å². The Morgan fingerprint density at radius 3 is 2.40 bits per heavy atom. The number of carbonyl (C=O) groups is 2. The molecular weight excluding hydrogens is 435 g/mol. The van der Waals surface area contributed by atoms with Gasteiger partial charge in [-0.05, 0) is 19.1 Å². The minimum Gasteiger partial charge on any atom is -0.460 e. The standard InChI is InChI=1S/C13H9Cl3N2O5S2/c1-2-23-12(20)10(19)9-5-17-13(24-9)18-25(21,22)11-7(15)3-6(14)4-8(11)16/h3-5H,2H2,1H3,(H,17,18). The first-order valence-electron chi connectivity index (χ1n) is 6.50. The fraction of sp³-hybridized carbons (Fsp3) is 0.154. The van der Waals surface area contributed by atoms with Crippen LogP contribution in [0.5, 0.6) is 0 Å². The molecule has 1 aromatic heterocycles. The molecule has 12 heteroatoms. The number of thiazole rings is 1. The van der Waals surface area contributed by atoms with Crippen molar-refractivity contribution in [1.29, 1.82) is 0 Å². The van der Waals surface area contributed by atoms with Crippen LogP contribution >= 0.6 is 46.1 Å². The van der Waals surface area contributed by atoms with Crippen molar-refractivity contribution in [2.75, 3.05) is 11.3 Å². The van der Waals surface area contributed by atoms with Gasteiger partial charge in [0.1, 0.15) is 9.77 Å². The quantitative estimate of drug-likeness (QED) is 0.415. The molecule has 0 unspecified atom stereocenters. The second kappa shape index (κ2) is 7.88. The number of rotatable bonds is 6. The van der Waals surface area contributed by atoms with E-state index >= 15 is 0 Å². The lowest BCUT2D eigenvalue weighted by Crippen LogP contribution is -2.16. The van der Waals surface area contributed by atoms with Crippen molar-refractivity contribution < 1.29 is 22.7 Å². The number of ether oxygens (including phenoxy) is 1. The Hall–Kier alpha value is -1.39. The van der Waals surface area contributed by atoms with Crippen LogP contribution in [0.3, 0.4) is 0 Å². The third-order valence-corrected chi connectivity index (χ3v) is 6.16. The van der Waals surface area contributed by atoms with Crippen molar-refractivity contribution in [2.45, 2.75) is 11.8 Å². The second-order valence-corrected chi connectivity index (χ2v) is 8.28. The summed E-state index contributed by atoms with van der Waals surface area (Å²) < 4.78 is 31.6. The summed E-state index contributed by atoms with van der Waals surface area (Å²) in [6, 6.07) is 2.45. The Balaban J connectivity index is 2.29. The van der Waals surface area contributed by atoms with Gasteiger partial charge in [0.2, 0.25) is 0 Å². The summed E-state index contributed by atoms with van der Waals surface area (Å²) in [4.78, 5) is 26.5. The minimum atomic E-state index is -4.19. The third kappa shape index (κ3) is 4.62. The van der Waals surface area contributed by atoms with Crippen LogP contribution in [0, 0.1) is 0 Å². The van der Waals surface area contributed by atoms with Crippen LogP contribution in [0.4, 0.5) is 5.13 Å². The second-order valence-electron chi connectivity index (χ2n) is 4.38. The Morgan fingerprint density at radius 1 is 1.24 bits per heavy atom. The number of nitrogens with one attached hydrogen (secondary N) is 1. The van der Waals surface area contributed by atoms with Crippen LogP contribution in [0.15, 0.2) is 23.2 Å². The van der Waals surface area contributed by atoms with Crippen LogP contribution in [-0.4, -0.2) is 31.8 Å². The number of halogens is 3.